The Balaban J connectivity index is 1.95. The van der Waals surface area contributed by atoms with Crippen molar-refractivity contribution in [2.24, 2.45) is 11.5 Å². The number of hydrogen-bond acceptors (Lipinski definition) is 4. The van der Waals surface area contributed by atoms with Gasteiger partial charge in [-0.2, -0.15) is 0 Å². The van der Waals surface area contributed by atoms with Gasteiger partial charge in [0.2, 0.25) is 0 Å². The van der Waals surface area contributed by atoms with E-state index < -0.39 is 0 Å². The molecule has 0 bridgehead atoms. The van der Waals surface area contributed by atoms with Crippen LogP contribution < -0.4 is 16.8 Å². The van der Waals surface area contributed by atoms with E-state index in [4.69, 9.17) is 11.5 Å². The number of rotatable bonds is 4. The third-order valence-electron chi connectivity index (χ3n) is 3.10. The van der Waals surface area contributed by atoms with Crippen LogP contribution in [0.3, 0.4) is 0 Å². The predicted octanol–water partition coefficient (Wildman–Crippen LogP) is 2.06. The summed E-state index contributed by atoms with van der Waals surface area (Å²) in [5.41, 5.74) is 13.9. The summed E-state index contributed by atoms with van der Waals surface area (Å²) in [6.45, 7) is 0. The number of benzene rings is 1. The number of fused-ring (bicyclic) bond motifs is 1. The fraction of sp³-hybridized carbons (Fsp3) is 0.385. The van der Waals surface area contributed by atoms with Crippen LogP contribution in [0.4, 0.5) is 0 Å². The number of hydrogen-bond donors (Lipinski definition) is 3. The Kier molecular flexibility index (Phi) is 4.34. The monoisotopic (exact) mass is 249 g/mol. The minimum Gasteiger partial charge on any atom is -0.403 e. The molecule has 0 fully saturated rings. The number of nitrogens with one attached hydrogen (secondary N) is 1. The summed E-state index contributed by atoms with van der Waals surface area (Å²) >= 11 is 1.55. The summed E-state index contributed by atoms with van der Waals surface area (Å²) < 4.78 is 0. The van der Waals surface area contributed by atoms with Crippen molar-refractivity contribution in [3.8, 4) is 0 Å². The van der Waals surface area contributed by atoms with Crippen LogP contribution in [0.15, 0.2) is 35.5 Å². The lowest BCUT2D eigenvalue weighted by atomic mass is 9.88. The summed E-state index contributed by atoms with van der Waals surface area (Å²) in [5, 5.41) is 4.20. The van der Waals surface area contributed by atoms with E-state index in [0.29, 0.717) is 11.1 Å². The molecule has 1 unspecified atom stereocenters. The van der Waals surface area contributed by atoms with E-state index in [1.165, 1.54) is 36.6 Å². The zero-order chi connectivity index (χ0) is 12.1. The Morgan fingerprint density at radius 2 is 2.29 bits per heavy atom. The highest BCUT2D eigenvalue weighted by Crippen LogP contribution is 2.29. The third-order valence-corrected chi connectivity index (χ3v) is 3.88. The molecule has 0 spiro atoms. The van der Waals surface area contributed by atoms with Crippen LogP contribution in [-0.4, -0.2) is 5.88 Å². The van der Waals surface area contributed by atoms with E-state index >= 15 is 0 Å². The Hall–Kier alpha value is -1.13. The lowest BCUT2D eigenvalue weighted by Crippen LogP contribution is -2.25. The molecule has 0 aliphatic heterocycles. The topological polar surface area (TPSA) is 64.1 Å². The molecule has 0 aromatic heterocycles. The largest absolute Gasteiger partial charge is 0.403 e. The van der Waals surface area contributed by atoms with E-state index in [0.717, 1.165) is 5.88 Å². The van der Waals surface area contributed by atoms with E-state index in [9.17, 15) is 0 Å². The number of nitrogens with two attached hydrogens (primary N) is 2. The van der Waals surface area contributed by atoms with Gasteiger partial charge in [-0.25, -0.2) is 0 Å². The summed E-state index contributed by atoms with van der Waals surface area (Å²) in [5.74, 6) is 0.804. The molecule has 0 heterocycles. The van der Waals surface area contributed by atoms with Crippen LogP contribution in [0, 0.1) is 0 Å². The molecule has 3 nitrogen and oxygen atoms in total. The molecule has 0 amide bonds. The quantitative estimate of drug-likeness (QED) is 0.715. The summed E-state index contributed by atoms with van der Waals surface area (Å²) in [6, 6.07) is 9.13. The van der Waals surface area contributed by atoms with Gasteiger partial charge in [0.05, 0.1) is 5.03 Å². The number of aryl methyl sites for hydroxylation is 1. The van der Waals surface area contributed by atoms with Gasteiger partial charge in [0.25, 0.3) is 0 Å². The molecule has 1 aromatic rings. The molecule has 1 aliphatic rings. The first-order valence-corrected chi connectivity index (χ1v) is 6.91. The molecule has 2 rings (SSSR count). The van der Waals surface area contributed by atoms with E-state index in [1.807, 2.05) is 0 Å². The van der Waals surface area contributed by atoms with Crippen molar-refractivity contribution in [1.82, 2.24) is 5.32 Å². The van der Waals surface area contributed by atoms with Crippen molar-refractivity contribution in [2.45, 2.75) is 25.3 Å². The molecular formula is C13H19N3S. The van der Waals surface area contributed by atoms with Gasteiger partial charge >= 0.3 is 0 Å². The van der Waals surface area contributed by atoms with Crippen LogP contribution in [0.2, 0.25) is 0 Å². The summed E-state index contributed by atoms with van der Waals surface area (Å²) in [7, 11) is 0. The van der Waals surface area contributed by atoms with E-state index in [-0.39, 0.29) is 0 Å². The van der Waals surface area contributed by atoms with Crippen LogP contribution in [0.5, 0.6) is 0 Å². The van der Waals surface area contributed by atoms with Crippen molar-refractivity contribution < 1.29 is 0 Å². The van der Waals surface area contributed by atoms with Crippen molar-refractivity contribution in [3.63, 3.8) is 0 Å². The maximum absolute atomic E-state index is 5.64. The van der Waals surface area contributed by atoms with E-state index in [2.05, 4.69) is 29.6 Å². The second-order valence-electron chi connectivity index (χ2n) is 4.21. The predicted molar refractivity (Wildman–Crippen MR) is 74.2 cm³/mol. The van der Waals surface area contributed by atoms with Crippen molar-refractivity contribution in [1.29, 1.82) is 0 Å². The van der Waals surface area contributed by atoms with Crippen molar-refractivity contribution >= 4 is 11.8 Å². The van der Waals surface area contributed by atoms with Crippen LogP contribution in [-0.2, 0) is 6.42 Å². The maximum atomic E-state index is 5.64. The average Bonchev–Trinajstić information content (AvgIpc) is 2.39. The SMILES string of the molecule is N/C=C(/N)SCNC1CCCc2ccccc21. The first-order valence-electron chi connectivity index (χ1n) is 5.92. The second kappa shape index (κ2) is 5.98. The van der Waals surface area contributed by atoms with Gasteiger partial charge in [-0.1, -0.05) is 36.0 Å². The maximum Gasteiger partial charge on any atom is 0.0825 e. The van der Waals surface area contributed by atoms with Gasteiger partial charge in [0, 0.05) is 18.1 Å². The summed E-state index contributed by atoms with van der Waals surface area (Å²) in [4.78, 5) is 0. The third kappa shape index (κ3) is 3.17. The Bertz CT molecular complexity index is 403. The molecule has 1 atom stereocenters. The standard InChI is InChI=1S/C13H19N3S/c14-8-13(15)17-9-16-12-7-3-5-10-4-1-2-6-11(10)12/h1-2,4,6,8,12,16H,3,5,7,9,14-15H2/b13-8-. The molecule has 17 heavy (non-hydrogen) atoms. The summed E-state index contributed by atoms with van der Waals surface area (Å²) in [6.07, 6.45) is 5.10. The molecular weight excluding hydrogens is 230 g/mol. The Morgan fingerprint density at radius 3 is 3.12 bits per heavy atom. The molecule has 0 saturated heterocycles. The Labute approximate surface area is 107 Å². The molecule has 5 N–H and O–H groups in total. The van der Waals surface area contributed by atoms with Gasteiger partial charge in [-0.15, -0.1) is 0 Å². The lowest BCUT2D eigenvalue weighted by Gasteiger charge is -2.26. The number of thioether (sulfide) groups is 1. The minimum atomic E-state index is 0.457. The van der Waals surface area contributed by atoms with E-state index in [1.54, 1.807) is 11.8 Å². The van der Waals surface area contributed by atoms with Gasteiger partial charge in [-0.05, 0) is 30.4 Å². The molecule has 1 aliphatic carbocycles. The highest BCUT2D eigenvalue weighted by Gasteiger charge is 2.18. The first kappa shape index (κ1) is 12.3. The van der Waals surface area contributed by atoms with Gasteiger partial charge in [0.15, 0.2) is 0 Å². The fourth-order valence-corrected chi connectivity index (χ4v) is 2.79. The fourth-order valence-electron chi connectivity index (χ4n) is 2.24. The van der Waals surface area contributed by atoms with Gasteiger partial charge in [0.1, 0.15) is 0 Å². The van der Waals surface area contributed by atoms with Crippen molar-refractivity contribution in [3.05, 3.63) is 46.6 Å². The smallest absolute Gasteiger partial charge is 0.0825 e. The molecule has 0 saturated carbocycles. The molecule has 4 heteroatoms. The highest BCUT2D eigenvalue weighted by molar-refractivity contribution is 8.02. The van der Waals surface area contributed by atoms with Crippen LogP contribution in [0.1, 0.15) is 30.0 Å². The van der Waals surface area contributed by atoms with Gasteiger partial charge in [-0.3, -0.25) is 0 Å². The first-order chi connectivity index (χ1) is 8.31. The average molecular weight is 249 g/mol. The zero-order valence-electron chi connectivity index (χ0n) is 9.86. The van der Waals surface area contributed by atoms with Crippen LogP contribution in [0.25, 0.3) is 0 Å². The Morgan fingerprint density at radius 1 is 1.47 bits per heavy atom. The highest BCUT2D eigenvalue weighted by atomic mass is 32.2. The minimum absolute atomic E-state index is 0.457. The normalized spacial score (nSPS) is 20.0. The zero-order valence-corrected chi connectivity index (χ0v) is 10.7. The molecule has 0 radical (unpaired) electrons. The lowest BCUT2D eigenvalue weighted by molar-refractivity contribution is 0.490. The molecule has 92 valence electrons. The van der Waals surface area contributed by atoms with Crippen LogP contribution >= 0.6 is 11.8 Å². The van der Waals surface area contributed by atoms with Crippen molar-refractivity contribution in [2.75, 3.05) is 5.88 Å². The molecule has 1 aromatic carbocycles. The van der Waals surface area contributed by atoms with Gasteiger partial charge < -0.3 is 16.8 Å². The second-order valence-corrected chi connectivity index (χ2v) is 5.25.